The van der Waals surface area contributed by atoms with Gasteiger partial charge in [0, 0.05) is 19.4 Å². The Morgan fingerprint density at radius 3 is 3.00 bits per heavy atom. The number of hydrogen-bond donors (Lipinski definition) is 0. The average molecular weight is 269 g/mol. The largest absolute Gasteiger partial charge is 0.384 e. The molecule has 2 heterocycles. The third-order valence-corrected chi connectivity index (χ3v) is 4.09. The average Bonchev–Trinajstić information content (AvgIpc) is 2.97. The number of rotatable bonds is 6. The predicted molar refractivity (Wildman–Crippen MR) is 71.6 cm³/mol. The van der Waals surface area contributed by atoms with Gasteiger partial charge >= 0.3 is 0 Å². The number of thiophene rings is 1. The summed E-state index contributed by atoms with van der Waals surface area (Å²) in [6.07, 6.45) is 0. The molecule has 17 heavy (non-hydrogen) atoms. The first-order valence-electron chi connectivity index (χ1n) is 5.45. The van der Waals surface area contributed by atoms with E-state index in [0.29, 0.717) is 0 Å². The molecule has 92 valence electrons. The van der Waals surface area contributed by atoms with Gasteiger partial charge in [0.05, 0.1) is 11.5 Å². The van der Waals surface area contributed by atoms with Crippen LogP contribution in [0.1, 0.15) is 6.92 Å². The van der Waals surface area contributed by atoms with Gasteiger partial charge in [-0.2, -0.15) is 0 Å². The predicted octanol–water partition coefficient (Wildman–Crippen LogP) is 2.77. The minimum Gasteiger partial charge on any atom is -0.384 e. The topological polar surface area (TPSA) is 39.9 Å². The summed E-state index contributed by atoms with van der Waals surface area (Å²) in [6.45, 7) is 3.73. The van der Waals surface area contributed by atoms with Crippen molar-refractivity contribution in [2.24, 2.45) is 0 Å². The lowest BCUT2D eigenvalue weighted by molar-refractivity contribution is 0.218. The molecule has 2 aromatic rings. The second kappa shape index (κ2) is 6.18. The Labute approximate surface area is 109 Å². The van der Waals surface area contributed by atoms with Crippen molar-refractivity contribution in [3.63, 3.8) is 0 Å². The second-order valence-electron chi connectivity index (χ2n) is 3.37. The summed E-state index contributed by atoms with van der Waals surface area (Å²) in [4.78, 5) is 1.16. The van der Waals surface area contributed by atoms with Crippen LogP contribution >= 0.6 is 23.1 Å². The van der Waals surface area contributed by atoms with Crippen molar-refractivity contribution in [1.82, 2.24) is 14.8 Å². The van der Waals surface area contributed by atoms with E-state index in [1.165, 1.54) is 0 Å². The maximum absolute atomic E-state index is 5.04. The fourth-order valence-corrected chi connectivity index (χ4v) is 3.10. The third-order valence-electron chi connectivity index (χ3n) is 2.29. The first-order chi connectivity index (χ1) is 8.36. The molecule has 0 bridgehead atoms. The van der Waals surface area contributed by atoms with Gasteiger partial charge in [-0.25, -0.2) is 0 Å². The van der Waals surface area contributed by atoms with Crippen molar-refractivity contribution in [2.45, 2.75) is 18.6 Å². The zero-order chi connectivity index (χ0) is 12.1. The fourth-order valence-electron chi connectivity index (χ4n) is 1.48. The molecular formula is C11H15N3OS2. The molecule has 0 atom stereocenters. The zero-order valence-corrected chi connectivity index (χ0v) is 11.6. The molecule has 0 aromatic carbocycles. The molecular weight excluding hydrogens is 254 g/mol. The number of nitrogens with zero attached hydrogens (tertiary/aromatic N) is 3. The lowest BCUT2D eigenvalue weighted by Crippen LogP contribution is -2.00. The Kier molecular flexibility index (Phi) is 4.58. The van der Waals surface area contributed by atoms with Gasteiger partial charge in [0.2, 0.25) is 0 Å². The van der Waals surface area contributed by atoms with Crippen molar-refractivity contribution in [3.05, 3.63) is 17.5 Å². The summed E-state index contributed by atoms with van der Waals surface area (Å²) < 4.78 is 7.18. The van der Waals surface area contributed by atoms with Crippen LogP contribution in [0.25, 0.3) is 10.7 Å². The molecule has 6 heteroatoms. The Morgan fingerprint density at radius 2 is 2.35 bits per heavy atom. The van der Waals surface area contributed by atoms with Crippen molar-refractivity contribution < 1.29 is 4.74 Å². The molecule has 0 N–H and O–H groups in total. The summed E-state index contributed by atoms with van der Waals surface area (Å²) in [7, 11) is 1.71. The molecule has 2 rings (SSSR count). The molecule has 2 aromatic heterocycles. The third kappa shape index (κ3) is 2.88. The summed E-state index contributed by atoms with van der Waals surface area (Å²) in [5.41, 5.74) is 0. The molecule has 0 saturated heterocycles. The van der Waals surface area contributed by atoms with Crippen LogP contribution in [-0.2, 0) is 11.3 Å². The highest BCUT2D eigenvalue weighted by molar-refractivity contribution is 7.99. The van der Waals surface area contributed by atoms with Gasteiger partial charge in [0.15, 0.2) is 11.0 Å². The minimum absolute atomic E-state index is 0.732. The Hall–Kier alpha value is -0.850. The van der Waals surface area contributed by atoms with Gasteiger partial charge in [0.25, 0.3) is 0 Å². The molecule has 0 radical (unpaired) electrons. The van der Waals surface area contributed by atoms with E-state index in [4.69, 9.17) is 4.74 Å². The van der Waals surface area contributed by atoms with E-state index in [9.17, 15) is 0 Å². The number of thioether (sulfide) groups is 1. The Bertz CT molecular complexity index is 453. The molecule has 0 fully saturated rings. The summed E-state index contributed by atoms with van der Waals surface area (Å²) in [5.74, 6) is 1.86. The monoisotopic (exact) mass is 269 g/mol. The normalized spacial score (nSPS) is 10.9. The molecule has 0 saturated carbocycles. The molecule has 0 amide bonds. The van der Waals surface area contributed by atoms with Crippen molar-refractivity contribution in [2.75, 3.05) is 19.5 Å². The van der Waals surface area contributed by atoms with E-state index in [-0.39, 0.29) is 0 Å². The summed E-state index contributed by atoms with van der Waals surface area (Å²) >= 11 is 3.37. The molecule has 0 aliphatic carbocycles. The highest BCUT2D eigenvalue weighted by atomic mass is 32.2. The Balaban J connectivity index is 2.18. The minimum atomic E-state index is 0.732. The van der Waals surface area contributed by atoms with Crippen LogP contribution in [0.4, 0.5) is 0 Å². The van der Waals surface area contributed by atoms with Crippen LogP contribution in [0.3, 0.4) is 0 Å². The maximum atomic E-state index is 5.04. The Morgan fingerprint density at radius 1 is 1.47 bits per heavy atom. The molecule has 0 aliphatic rings. The van der Waals surface area contributed by atoms with Gasteiger partial charge in [-0.05, 0) is 18.4 Å². The van der Waals surface area contributed by atoms with E-state index < -0.39 is 0 Å². The van der Waals surface area contributed by atoms with E-state index >= 15 is 0 Å². The van der Waals surface area contributed by atoms with Crippen LogP contribution in [0.5, 0.6) is 0 Å². The first kappa shape index (κ1) is 12.6. The molecule has 4 nitrogen and oxygen atoms in total. The molecule has 0 unspecified atom stereocenters. The van der Waals surface area contributed by atoms with Crippen LogP contribution < -0.4 is 0 Å². The quantitative estimate of drug-likeness (QED) is 0.597. The van der Waals surface area contributed by atoms with Crippen molar-refractivity contribution in [1.29, 1.82) is 0 Å². The van der Waals surface area contributed by atoms with Crippen LogP contribution in [-0.4, -0.2) is 34.2 Å². The van der Waals surface area contributed by atoms with Crippen LogP contribution in [0.2, 0.25) is 0 Å². The van der Waals surface area contributed by atoms with Gasteiger partial charge in [-0.15, -0.1) is 21.5 Å². The number of methoxy groups -OCH3 is 1. The number of hydrogen-bond acceptors (Lipinski definition) is 5. The lowest BCUT2D eigenvalue weighted by Gasteiger charge is -2.05. The van der Waals surface area contributed by atoms with E-state index in [1.807, 2.05) is 6.07 Å². The second-order valence-corrected chi connectivity index (χ2v) is 5.38. The smallest absolute Gasteiger partial charge is 0.191 e. The van der Waals surface area contributed by atoms with Crippen LogP contribution in [0.15, 0.2) is 22.7 Å². The maximum Gasteiger partial charge on any atom is 0.191 e. The van der Waals surface area contributed by atoms with Gasteiger partial charge in [0.1, 0.15) is 0 Å². The number of ether oxygens (including phenoxy) is 1. The highest BCUT2D eigenvalue weighted by Crippen LogP contribution is 2.26. The van der Waals surface area contributed by atoms with Gasteiger partial charge in [-0.3, -0.25) is 0 Å². The van der Waals surface area contributed by atoms with E-state index in [0.717, 1.165) is 34.8 Å². The molecule has 0 spiro atoms. The first-order valence-corrected chi connectivity index (χ1v) is 7.32. The highest BCUT2D eigenvalue weighted by Gasteiger charge is 2.13. The number of aromatic nitrogens is 3. The standard InChI is InChI=1S/C11H15N3OS2/c1-3-14-10(9-5-4-7-16-9)12-13-11(14)17-8-6-15-2/h4-5,7H,3,6,8H2,1-2H3. The van der Waals surface area contributed by atoms with Gasteiger partial charge in [-0.1, -0.05) is 17.8 Å². The van der Waals surface area contributed by atoms with Crippen molar-refractivity contribution >= 4 is 23.1 Å². The van der Waals surface area contributed by atoms with E-state index in [2.05, 4.69) is 33.1 Å². The summed E-state index contributed by atoms with van der Waals surface area (Å²) in [5, 5.41) is 11.5. The lowest BCUT2D eigenvalue weighted by atomic mass is 10.4. The van der Waals surface area contributed by atoms with Crippen LogP contribution in [0, 0.1) is 0 Å². The van der Waals surface area contributed by atoms with E-state index in [1.54, 1.807) is 30.2 Å². The fraction of sp³-hybridized carbons (Fsp3) is 0.455. The zero-order valence-electron chi connectivity index (χ0n) is 9.92. The SMILES string of the molecule is CCn1c(SCCOC)nnc1-c1cccs1. The molecule has 0 aliphatic heterocycles. The van der Waals surface area contributed by atoms with Gasteiger partial charge < -0.3 is 9.30 Å². The summed E-state index contributed by atoms with van der Waals surface area (Å²) in [6, 6.07) is 4.11. The van der Waals surface area contributed by atoms with Crippen molar-refractivity contribution in [3.8, 4) is 10.7 Å².